The molecule has 2 N–H and O–H groups in total. The summed E-state index contributed by atoms with van der Waals surface area (Å²) in [6, 6.07) is 0.396. The molecule has 1 fully saturated rings. The molecule has 2 heterocycles. The number of nitrogens with zero attached hydrogens (tertiary/aromatic N) is 1. The maximum absolute atomic E-state index is 4.43. The van der Waals surface area contributed by atoms with Gasteiger partial charge in [0, 0.05) is 11.1 Å². The van der Waals surface area contributed by atoms with Crippen molar-refractivity contribution in [2.75, 3.05) is 19.6 Å². The van der Waals surface area contributed by atoms with Crippen molar-refractivity contribution in [3.05, 3.63) is 16.1 Å². The number of rotatable bonds is 6. The minimum atomic E-state index is 0.396. The van der Waals surface area contributed by atoms with Crippen LogP contribution >= 0.6 is 11.3 Å². The van der Waals surface area contributed by atoms with Crippen LogP contribution in [-0.2, 0) is 0 Å². The van der Waals surface area contributed by atoms with Crippen LogP contribution in [0.3, 0.4) is 0 Å². The Kier molecular flexibility index (Phi) is 5.60. The third kappa shape index (κ3) is 4.34. The van der Waals surface area contributed by atoms with Gasteiger partial charge >= 0.3 is 0 Å². The Morgan fingerprint density at radius 2 is 2.50 bits per heavy atom. The van der Waals surface area contributed by atoms with Crippen molar-refractivity contribution in [1.29, 1.82) is 0 Å². The molecule has 102 valence electrons. The Labute approximate surface area is 114 Å². The summed E-state index contributed by atoms with van der Waals surface area (Å²) in [6.07, 6.45) is 7.36. The fraction of sp³-hybridized carbons (Fsp3) is 0.786. The van der Waals surface area contributed by atoms with E-state index in [1.165, 1.54) is 48.7 Å². The van der Waals surface area contributed by atoms with Crippen LogP contribution in [0.1, 0.15) is 48.5 Å². The summed E-state index contributed by atoms with van der Waals surface area (Å²) >= 11 is 1.80. The SMILES string of the molecule is Cc1cnc(C(C)NCCCC2CCCNC2)s1. The second-order valence-corrected chi connectivity index (χ2v) is 6.61. The number of thiazole rings is 1. The molecule has 1 saturated heterocycles. The number of aryl methyl sites for hydroxylation is 1. The third-order valence-corrected chi connectivity index (χ3v) is 4.74. The molecule has 1 aliphatic heterocycles. The second kappa shape index (κ2) is 7.22. The first-order chi connectivity index (χ1) is 8.75. The summed E-state index contributed by atoms with van der Waals surface area (Å²) < 4.78 is 0. The van der Waals surface area contributed by atoms with Crippen LogP contribution in [-0.4, -0.2) is 24.6 Å². The Morgan fingerprint density at radius 3 is 3.17 bits per heavy atom. The largest absolute Gasteiger partial charge is 0.316 e. The Morgan fingerprint density at radius 1 is 1.61 bits per heavy atom. The normalized spacial score (nSPS) is 22.0. The number of hydrogen-bond donors (Lipinski definition) is 2. The molecule has 0 aliphatic carbocycles. The maximum Gasteiger partial charge on any atom is 0.109 e. The van der Waals surface area contributed by atoms with E-state index in [1.54, 1.807) is 11.3 Å². The standard InChI is InChI=1S/C14H25N3S/c1-11-9-17-14(18-11)12(2)16-8-4-6-13-5-3-7-15-10-13/h9,12-13,15-16H,3-8,10H2,1-2H3. The van der Waals surface area contributed by atoms with Gasteiger partial charge < -0.3 is 10.6 Å². The molecule has 2 atom stereocenters. The Bertz CT molecular complexity index is 345. The van der Waals surface area contributed by atoms with Gasteiger partial charge in [-0.2, -0.15) is 0 Å². The predicted octanol–water partition coefficient (Wildman–Crippen LogP) is 2.88. The Balaban J connectivity index is 1.60. The molecule has 0 aromatic carbocycles. The molecule has 0 radical (unpaired) electrons. The first-order valence-corrected chi connectivity index (χ1v) is 7.94. The number of nitrogens with one attached hydrogen (secondary N) is 2. The number of aromatic nitrogens is 1. The minimum absolute atomic E-state index is 0.396. The summed E-state index contributed by atoms with van der Waals surface area (Å²) in [6.45, 7) is 7.87. The van der Waals surface area contributed by atoms with E-state index in [2.05, 4.69) is 29.5 Å². The highest BCUT2D eigenvalue weighted by Gasteiger charge is 2.13. The van der Waals surface area contributed by atoms with Crippen molar-refractivity contribution in [3.63, 3.8) is 0 Å². The molecule has 2 unspecified atom stereocenters. The van der Waals surface area contributed by atoms with Gasteiger partial charge in [-0.05, 0) is 65.1 Å². The van der Waals surface area contributed by atoms with Gasteiger partial charge in [0.1, 0.15) is 5.01 Å². The van der Waals surface area contributed by atoms with Gasteiger partial charge in [0.15, 0.2) is 0 Å². The van der Waals surface area contributed by atoms with E-state index in [9.17, 15) is 0 Å². The predicted molar refractivity (Wildman–Crippen MR) is 78.1 cm³/mol. The fourth-order valence-electron chi connectivity index (χ4n) is 2.54. The average Bonchev–Trinajstić information content (AvgIpc) is 2.82. The van der Waals surface area contributed by atoms with Crippen molar-refractivity contribution < 1.29 is 0 Å². The summed E-state index contributed by atoms with van der Waals surface area (Å²) in [5.41, 5.74) is 0. The van der Waals surface area contributed by atoms with Crippen molar-refractivity contribution in [2.24, 2.45) is 5.92 Å². The van der Waals surface area contributed by atoms with E-state index in [0.717, 1.165) is 12.5 Å². The lowest BCUT2D eigenvalue weighted by atomic mass is 9.95. The molecular formula is C14H25N3S. The molecule has 0 saturated carbocycles. The zero-order chi connectivity index (χ0) is 12.8. The molecule has 4 heteroatoms. The van der Waals surface area contributed by atoms with E-state index >= 15 is 0 Å². The smallest absolute Gasteiger partial charge is 0.109 e. The van der Waals surface area contributed by atoms with Gasteiger partial charge in [-0.1, -0.05) is 0 Å². The van der Waals surface area contributed by atoms with Gasteiger partial charge in [0.25, 0.3) is 0 Å². The molecule has 0 bridgehead atoms. The van der Waals surface area contributed by atoms with Gasteiger partial charge in [-0.25, -0.2) is 4.98 Å². The van der Waals surface area contributed by atoms with Crippen LogP contribution < -0.4 is 10.6 Å². The summed E-state index contributed by atoms with van der Waals surface area (Å²) in [4.78, 5) is 5.73. The molecule has 2 rings (SSSR count). The highest BCUT2D eigenvalue weighted by atomic mass is 32.1. The summed E-state index contributed by atoms with van der Waals surface area (Å²) in [5, 5.41) is 8.28. The van der Waals surface area contributed by atoms with Gasteiger partial charge in [0.05, 0.1) is 6.04 Å². The maximum atomic E-state index is 4.43. The van der Waals surface area contributed by atoms with E-state index in [-0.39, 0.29) is 0 Å². The second-order valence-electron chi connectivity index (χ2n) is 5.34. The van der Waals surface area contributed by atoms with Gasteiger partial charge in [-0.3, -0.25) is 0 Å². The molecule has 1 aromatic rings. The molecule has 3 nitrogen and oxygen atoms in total. The van der Waals surface area contributed by atoms with Crippen molar-refractivity contribution >= 4 is 11.3 Å². The first-order valence-electron chi connectivity index (χ1n) is 7.12. The molecular weight excluding hydrogens is 242 g/mol. The zero-order valence-corrected chi connectivity index (χ0v) is 12.4. The van der Waals surface area contributed by atoms with Crippen LogP contribution in [0.2, 0.25) is 0 Å². The quantitative estimate of drug-likeness (QED) is 0.778. The molecule has 0 amide bonds. The first kappa shape index (κ1) is 14.0. The van der Waals surface area contributed by atoms with Crippen molar-refractivity contribution in [1.82, 2.24) is 15.6 Å². The summed E-state index contributed by atoms with van der Waals surface area (Å²) in [7, 11) is 0. The van der Waals surface area contributed by atoms with E-state index in [4.69, 9.17) is 0 Å². The van der Waals surface area contributed by atoms with Crippen LogP contribution in [0.4, 0.5) is 0 Å². The highest BCUT2D eigenvalue weighted by Crippen LogP contribution is 2.19. The summed E-state index contributed by atoms with van der Waals surface area (Å²) in [5.74, 6) is 0.901. The van der Waals surface area contributed by atoms with Crippen LogP contribution in [0.5, 0.6) is 0 Å². The lowest BCUT2D eigenvalue weighted by Crippen LogP contribution is -2.30. The number of hydrogen-bond acceptors (Lipinski definition) is 4. The number of piperidine rings is 1. The van der Waals surface area contributed by atoms with E-state index in [0.29, 0.717) is 6.04 Å². The lowest BCUT2D eigenvalue weighted by Gasteiger charge is -2.22. The molecule has 1 aromatic heterocycles. The van der Waals surface area contributed by atoms with Crippen LogP contribution in [0.15, 0.2) is 6.20 Å². The average molecular weight is 267 g/mol. The highest BCUT2D eigenvalue weighted by molar-refractivity contribution is 7.11. The third-order valence-electron chi connectivity index (χ3n) is 3.65. The molecule has 1 aliphatic rings. The van der Waals surface area contributed by atoms with Crippen LogP contribution in [0.25, 0.3) is 0 Å². The van der Waals surface area contributed by atoms with Gasteiger partial charge in [0.2, 0.25) is 0 Å². The van der Waals surface area contributed by atoms with Crippen LogP contribution in [0, 0.1) is 12.8 Å². The van der Waals surface area contributed by atoms with E-state index in [1.807, 2.05) is 6.20 Å². The molecule has 0 spiro atoms. The minimum Gasteiger partial charge on any atom is -0.316 e. The zero-order valence-electron chi connectivity index (χ0n) is 11.5. The monoisotopic (exact) mass is 267 g/mol. The van der Waals surface area contributed by atoms with Gasteiger partial charge in [-0.15, -0.1) is 11.3 Å². The Hall–Kier alpha value is -0.450. The fourth-order valence-corrected chi connectivity index (χ4v) is 3.34. The lowest BCUT2D eigenvalue weighted by molar-refractivity contribution is 0.346. The van der Waals surface area contributed by atoms with E-state index < -0.39 is 0 Å². The van der Waals surface area contributed by atoms with Crippen molar-refractivity contribution in [2.45, 2.75) is 45.6 Å². The van der Waals surface area contributed by atoms with Crippen molar-refractivity contribution in [3.8, 4) is 0 Å². The topological polar surface area (TPSA) is 37.0 Å². The molecule has 18 heavy (non-hydrogen) atoms.